The number of carbonyl (C=O) groups excluding carboxylic acids is 1. The quantitative estimate of drug-likeness (QED) is 0.902. The van der Waals surface area contributed by atoms with Crippen molar-refractivity contribution >= 4 is 27.3 Å². The van der Waals surface area contributed by atoms with E-state index < -0.39 is 10.0 Å². The van der Waals surface area contributed by atoms with E-state index in [4.69, 9.17) is 9.47 Å². The number of sulfonamides is 1. The largest absolute Gasteiger partial charge is 0.486 e. The van der Waals surface area contributed by atoms with Gasteiger partial charge in [-0.3, -0.25) is 9.10 Å². The second-order valence-electron chi connectivity index (χ2n) is 5.51. The Bertz CT molecular complexity index is 894. The Morgan fingerprint density at radius 2 is 1.68 bits per heavy atom. The van der Waals surface area contributed by atoms with Crippen molar-refractivity contribution in [3.63, 3.8) is 0 Å². The first-order valence-corrected chi connectivity index (χ1v) is 9.08. The van der Waals surface area contributed by atoms with Crippen molar-refractivity contribution in [2.75, 3.05) is 29.9 Å². The third-order valence-corrected chi connectivity index (χ3v) is 5.52. The minimum Gasteiger partial charge on any atom is -0.486 e. The predicted molar refractivity (Wildman–Crippen MR) is 93.8 cm³/mol. The van der Waals surface area contributed by atoms with E-state index in [-0.39, 0.29) is 10.8 Å². The highest BCUT2D eigenvalue weighted by Gasteiger charge is 2.23. The van der Waals surface area contributed by atoms with E-state index in [0.717, 1.165) is 0 Å². The molecule has 0 bridgehead atoms. The second-order valence-corrected chi connectivity index (χ2v) is 7.48. The number of ether oxygens (including phenoxy) is 2. The maximum absolute atomic E-state index is 12.8. The van der Waals surface area contributed by atoms with Crippen molar-refractivity contribution in [3.05, 3.63) is 42.5 Å². The molecule has 132 valence electrons. The van der Waals surface area contributed by atoms with Crippen molar-refractivity contribution in [2.45, 2.75) is 11.8 Å². The van der Waals surface area contributed by atoms with Crippen LogP contribution in [0.25, 0.3) is 0 Å². The molecule has 0 aromatic heterocycles. The Labute approximate surface area is 146 Å². The van der Waals surface area contributed by atoms with Gasteiger partial charge in [0.25, 0.3) is 10.0 Å². The van der Waals surface area contributed by atoms with E-state index in [1.165, 1.54) is 30.4 Å². The molecule has 25 heavy (non-hydrogen) atoms. The summed E-state index contributed by atoms with van der Waals surface area (Å²) in [6.07, 6.45) is 0. The number of fused-ring (bicyclic) bond motifs is 1. The standard InChI is InChI=1S/C17H18N2O5S/c1-12(20)18-13-3-6-15(7-4-13)25(21,22)19(2)14-5-8-16-17(11-14)24-10-9-23-16/h3-8,11H,9-10H2,1-2H3,(H,18,20). The van der Waals surface area contributed by atoms with Gasteiger partial charge in [-0.2, -0.15) is 0 Å². The molecule has 0 spiro atoms. The van der Waals surface area contributed by atoms with Gasteiger partial charge in [0.2, 0.25) is 5.91 Å². The SMILES string of the molecule is CC(=O)Nc1ccc(S(=O)(=O)N(C)c2ccc3c(c2)OCCO3)cc1. The highest BCUT2D eigenvalue weighted by atomic mass is 32.2. The Morgan fingerprint density at radius 1 is 1.04 bits per heavy atom. The van der Waals surface area contributed by atoms with E-state index in [2.05, 4.69) is 5.32 Å². The minimum atomic E-state index is -3.74. The number of rotatable bonds is 4. The van der Waals surface area contributed by atoms with Crippen LogP contribution >= 0.6 is 0 Å². The molecule has 8 heteroatoms. The second kappa shape index (κ2) is 6.64. The number of nitrogens with zero attached hydrogens (tertiary/aromatic N) is 1. The van der Waals surface area contributed by atoms with Crippen LogP contribution in [0.1, 0.15) is 6.92 Å². The smallest absolute Gasteiger partial charge is 0.264 e. The monoisotopic (exact) mass is 362 g/mol. The molecular weight excluding hydrogens is 344 g/mol. The van der Waals surface area contributed by atoms with Gasteiger partial charge in [-0.1, -0.05) is 0 Å². The summed E-state index contributed by atoms with van der Waals surface area (Å²) < 4.78 is 37.7. The van der Waals surface area contributed by atoms with Gasteiger partial charge in [0.15, 0.2) is 11.5 Å². The molecule has 0 aliphatic carbocycles. The normalized spacial score (nSPS) is 13.2. The summed E-state index contributed by atoms with van der Waals surface area (Å²) in [6, 6.07) is 11.0. The fourth-order valence-electron chi connectivity index (χ4n) is 2.44. The zero-order valence-electron chi connectivity index (χ0n) is 13.9. The minimum absolute atomic E-state index is 0.124. The van der Waals surface area contributed by atoms with Crippen LogP contribution in [-0.2, 0) is 14.8 Å². The number of carbonyl (C=O) groups is 1. The van der Waals surface area contributed by atoms with Crippen molar-refractivity contribution in [1.82, 2.24) is 0 Å². The molecule has 0 saturated heterocycles. The topological polar surface area (TPSA) is 84.9 Å². The van der Waals surface area contributed by atoms with E-state index >= 15 is 0 Å². The number of hydrogen-bond acceptors (Lipinski definition) is 5. The van der Waals surface area contributed by atoms with Gasteiger partial charge in [-0.15, -0.1) is 0 Å². The lowest BCUT2D eigenvalue weighted by atomic mass is 10.2. The lowest BCUT2D eigenvalue weighted by Crippen LogP contribution is -2.27. The van der Waals surface area contributed by atoms with Gasteiger partial charge in [0.05, 0.1) is 10.6 Å². The summed E-state index contributed by atoms with van der Waals surface area (Å²) in [7, 11) is -2.26. The van der Waals surface area contributed by atoms with E-state index in [1.54, 1.807) is 30.3 Å². The summed E-state index contributed by atoms with van der Waals surface area (Å²) in [5, 5.41) is 2.60. The van der Waals surface area contributed by atoms with E-state index in [9.17, 15) is 13.2 Å². The molecule has 1 N–H and O–H groups in total. The van der Waals surface area contributed by atoms with Gasteiger partial charge in [-0.05, 0) is 36.4 Å². The molecule has 0 saturated carbocycles. The van der Waals surface area contributed by atoms with Crippen LogP contribution in [0.5, 0.6) is 11.5 Å². The van der Waals surface area contributed by atoms with Gasteiger partial charge in [-0.25, -0.2) is 8.42 Å². The van der Waals surface area contributed by atoms with E-state index in [0.29, 0.717) is 36.1 Å². The van der Waals surface area contributed by atoms with Crippen LogP contribution in [0, 0.1) is 0 Å². The van der Waals surface area contributed by atoms with Crippen molar-refractivity contribution < 1.29 is 22.7 Å². The van der Waals surface area contributed by atoms with Gasteiger partial charge >= 0.3 is 0 Å². The van der Waals surface area contributed by atoms with Crippen LogP contribution in [-0.4, -0.2) is 34.6 Å². The van der Waals surface area contributed by atoms with Crippen LogP contribution in [0.2, 0.25) is 0 Å². The Morgan fingerprint density at radius 3 is 2.32 bits per heavy atom. The fourth-order valence-corrected chi connectivity index (χ4v) is 3.63. The molecule has 0 atom stereocenters. The Balaban J connectivity index is 1.87. The summed E-state index contributed by atoms with van der Waals surface area (Å²) >= 11 is 0. The molecule has 1 heterocycles. The molecule has 0 radical (unpaired) electrons. The first-order valence-electron chi connectivity index (χ1n) is 7.64. The van der Waals surface area contributed by atoms with Crippen molar-refractivity contribution in [1.29, 1.82) is 0 Å². The molecule has 1 amide bonds. The average Bonchev–Trinajstić information content (AvgIpc) is 2.60. The highest BCUT2D eigenvalue weighted by molar-refractivity contribution is 7.92. The summed E-state index contributed by atoms with van der Waals surface area (Å²) in [6.45, 7) is 2.29. The number of amides is 1. The van der Waals surface area contributed by atoms with Crippen LogP contribution < -0.4 is 19.1 Å². The summed E-state index contributed by atoms with van der Waals surface area (Å²) in [4.78, 5) is 11.2. The zero-order chi connectivity index (χ0) is 18.0. The van der Waals surface area contributed by atoms with Gasteiger partial charge in [0, 0.05) is 25.7 Å². The van der Waals surface area contributed by atoms with Gasteiger partial charge < -0.3 is 14.8 Å². The van der Waals surface area contributed by atoms with E-state index in [1.807, 2.05) is 0 Å². The van der Waals surface area contributed by atoms with Crippen LogP contribution in [0.15, 0.2) is 47.4 Å². The first kappa shape index (κ1) is 17.1. The molecule has 2 aromatic carbocycles. The Kier molecular flexibility index (Phi) is 4.54. The first-order chi connectivity index (χ1) is 11.9. The lowest BCUT2D eigenvalue weighted by Gasteiger charge is -2.23. The molecule has 1 aliphatic rings. The fraction of sp³-hybridized carbons (Fsp3) is 0.235. The summed E-state index contributed by atoms with van der Waals surface area (Å²) in [5.41, 5.74) is 1.00. The number of nitrogens with one attached hydrogen (secondary N) is 1. The lowest BCUT2D eigenvalue weighted by molar-refractivity contribution is -0.114. The van der Waals surface area contributed by atoms with Crippen molar-refractivity contribution in [3.8, 4) is 11.5 Å². The third kappa shape index (κ3) is 3.53. The molecule has 0 fully saturated rings. The third-order valence-electron chi connectivity index (χ3n) is 3.72. The average molecular weight is 362 g/mol. The molecule has 7 nitrogen and oxygen atoms in total. The summed E-state index contributed by atoms with van der Waals surface area (Å²) in [5.74, 6) is 0.899. The van der Waals surface area contributed by atoms with Crippen LogP contribution in [0.3, 0.4) is 0 Å². The van der Waals surface area contributed by atoms with Gasteiger partial charge in [0.1, 0.15) is 13.2 Å². The van der Waals surface area contributed by atoms with Crippen molar-refractivity contribution in [2.24, 2.45) is 0 Å². The zero-order valence-corrected chi connectivity index (χ0v) is 14.7. The Hall–Kier alpha value is -2.74. The number of anilines is 2. The molecule has 3 rings (SSSR count). The maximum Gasteiger partial charge on any atom is 0.264 e. The molecular formula is C17H18N2O5S. The predicted octanol–water partition coefficient (Wildman–Crippen LogP) is 2.24. The molecule has 2 aromatic rings. The highest BCUT2D eigenvalue weighted by Crippen LogP contribution is 2.35. The molecule has 0 unspecified atom stereocenters. The maximum atomic E-state index is 12.8. The number of benzene rings is 2. The van der Waals surface area contributed by atoms with Crippen LogP contribution in [0.4, 0.5) is 11.4 Å². The number of hydrogen-bond donors (Lipinski definition) is 1. The molecule has 1 aliphatic heterocycles.